The van der Waals surface area contributed by atoms with E-state index in [1.807, 2.05) is 0 Å². The fourth-order valence-corrected chi connectivity index (χ4v) is 3.64. The zero-order valence-electron chi connectivity index (χ0n) is 14.0. The van der Waals surface area contributed by atoms with Gasteiger partial charge in [-0.2, -0.15) is 0 Å². The Labute approximate surface area is 166 Å². The Bertz CT molecular complexity index is 809. The van der Waals surface area contributed by atoms with Gasteiger partial charge in [-0.15, -0.1) is 0 Å². The molecule has 1 aromatic heterocycles. The molecule has 0 amide bonds. The van der Waals surface area contributed by atoms with Crippen LogP contribution in [0.15, 0.2) is 24.5 Å². The van der Waals surface area contributed by atoms with Gasteiger partial charge in [0.2, 0.25) is 0 Å². The molecule has 0 unspecified atom stereocenters. The van der Waals surface area contributed by atoms with Crippen molar-refractivity contribution < 1.29 is 13.9 Å². The highest BCUT2D eigenvalue weighted by Gasteiger charge is 2.23. The van der Waals surface area contributed by atoms with Gasteiger partial charge in [-0.25, -0.2) is 4.39 Å². The van der Waals surface area contributed by atoms with Gasteiger partial charge in [-0.05, 0) is 25.7 Å². The predicted molar refractivity (Wildman–Crippen MR) is 105 cm³/mol. The Balaban J connectivity index is 1.95. The molecule has 26 heavy (non-hydrogen) atoms. The van der Waals surface area contributed by atoms with Crippen LogP contribution in [0.1, 0.15) is 31.2 Å². The third kappa shape index (κ3) is 4.19. The molecule has 1 fully saturated rings. The van der Waals surface area contributed by atoms with E-state index in [1.54, 1.807) is 6.07 Å². The van der Waals surface area contributed by atoms with Crippen molar-refractivity contribution in [2.75, 3.05) is 12.4 Å². The summed E-state index contributed by atoms with van der Waals surface area (Å²) in [5.74, 6) is 0.158. The van der Waals surface area contributed by atoms with Gasteiger partial charge in [0.1, 0.15) is 22.3 Å². The highest BCUT2D eigenvalue weighted by atomic mass is 35.5. The molecular weight excluding hydrogens is 398 g/mol. The molecule has 1 heterocycles. The van der Waals surface area contributed by atoms with Crippen molar-refractivity contribution >= 4 is 46.1 Å². The summed E-state index contributed by atoms with van der Waals surface area (Å²) in [6.07, 6.45) is 6.95. The molecular formula is C18H17Cl2FN2O2S. The fraction of sp³-hybridized carbons (Fsp3) is 0.333. The van der Waals surface area contributed by atoms with Crippen LogP contribution in [0.2, 0.25) is 10.0 Å². The standard InChI is InChI=1S/C18H17Cl2FN2O2S/c1-24-11-6-14(21)16(15(7-11)25-10-4-2-3-5-10)18(26)23-17-12(19)8-22-9-13(17)20/h6-10H,2-5H2,1H3,(H,22,23,26). The molecule has 2 aromatic rings. The number of thiocarbonyl (C=S) groups is 1. The molecule has 0 aliphatic heterocycles. The summed E-state index contributed by atoms with van der Waals surface area (Å²) in [5.41, 5.74) is 0.520. The minimum absolute atomic E-state index is 0.0381. The van der Waals surface area contributed by atoms with E-state index in [1.165, 1.54) is 25.6 Å². The molecule has 0 saturated heterocycles. The molecule has 138 valence electrons. The smallest absolute Gasteiger partial charge is 0.140 e. The van der Waals surface area contributed by atoms with Crippen molar-refractivity contribution in [1.29, 1.82) is 0 Å². The molecule has 1 aliphatic carbocycles. The van der Waals surface area contributed by atoms with Crippen LogP contribution in [-0.2, 0) is 0 Å². The maximum atomic E-state index is 14.8. The number of hydrogen-bond donors (Lipinski definition) is 1. The number of nitrogens with zero attached hydrogens (tertiary/aromatic N) is 1. The SMILES string of the molecule is COc1cc(F)c(C(=S)Nc2c(Cl)cncc2Cl)c(OC2CCCC2)c1. The molecule has 1 aliphatic rings. The van der Waals surface area contributed by atoms with E-state index in [4.69, 9.17) is 44.9 Å². The van der Waals surface area contributed by atoms with Gasteiger partial charge in [0.15, 0.2) is 0 Å². The van der Waals surface area contributed by atoms with Gasteiger partial charge < -0.3 is 14.8 Å². The average molecular weight is 415 g/mol. The van der Waals surface area contributed by atoms with Crippen molar-refractivity contribution in [3.8, 4) is 11.5 Å². The highest BCUT2D eigenvalue weighted by Crippen LogP contribution is 2.34. The number of hydrogen-bond acceptors (Lipinski definition) is 4. The van der Waals surface area contributed by atoms with E-state index in [0.717, 1.165) is 25.7 Å². The molecule has 4 nitrogen and oxygen atoms in total. The maximum absolute atomic E-state index is 14.8. The van der Waals surface area contributed by atoms with E-state index in [2.05, 4.69) is 10.3 Å². The van der Waals surface area contributed by atoms with Crippen LogP contribution in [0.25, 0.3) is 0 Å². The number of nitrogens with one attached hydrogen (secondary N) is 1. The molecule has 3 rings (SSSR count). The number of methoxy groups -OCH3 is 1. The van der Waals surface area contributed by atoms with Gasteiger partial charge in [-0.3, -0.25) is 4.98 Å². The number of anilines is 1. The molecule has 0 spiro atoms. The molecule has 0 atom stereocenters. The minimum Gasteiger partial charge on any atom is -0.497 e. The molecule has 8 heteroatoms. The second-order valence-electron chi connectivity index (χ2n) is 5.94. The van der Waals surface area contributed by atoms with Gasteiger partial charge in [0.05, 0.1) is 34.5 Å². The first-order valence-electron chi connectivity index (χ1n) is 8.14. The van der Waals surface area contributed by atoms with E-state index in [0.29, 0.717) is 17.2 Å². The zero-order valence-corrected chi connectivity index (χ0v) is 16.3. The molecule has 0 bridgehead atoms. The first kappa shape index (κ1) is 19.1. The lowest BCUT2D eigenvalue weighted by Gasteiger charge is -2.19. The number of pyridine rings is 1. The van der Waals surface area contributed by atoms with E-state index < -0.39 is 5.82 Å². The Morgan fingerprint density at radius 1 is 1.23 bits per heavy atom. The van der Waals surface area contributed by atoms with Crippen molar-refractivity contribution in [2.45, 2.75) is 31.8 Å². The highest BCUT2D eigenvalue weighted by molar-refractivity contribution is 7.81. The second kappa shape index (κ2) is 8.37. The van der Waals surface area contributed by atoms with Crippen molar-refractivity contribution in [1.82, 2.24) is 4.98 Å². The lowest BCUT2D eigenvalue weighted by Crippen LogP contribution is -2.18. The van der Waals surface area contributed by atoms with Crippen molar-refractivity contribution in [2.24, 2.45) is 0 Å². The molecule has 1 saturated carbocycles. The van der Waals surface area contributed by atoms with Crippen LogP contribution < -0.4 is 14.8 Å². The molecule has 1 N–H and O–H groups in total. The summed E-state index contributed by atoms with van der Waals surface area (Å²) >= 11 is 17.6. The number of ether oxygens (including phenoxy) is 2. The Morgan fingerprint density at radius 2 is 1.88 bits per heavy atom. The van der Waals surface area contributed by atoms with Gasteiger partial charge >= 0.3 is 0 Å². The lowest BCUT2D eigenvalue weighted by molar-refractivity contribution is 0.208. The Morgan fingerprint density at radius 3 is 2.50 bits per heavy atom. The van der Waals surface area contributed by atoms with Gasteiger partial charge in [0, 0.05) is 24.5 Å². The quantitative estimate of drug-likeness (QED) is 0.640. The van der Waals surface area contributed by atoms with E-state index in [9.17, 15) is 4.39 Å². The summed E-state index contributed by atoms with van der Waals surface area (Å²) in [6.45, 7) is 0. The van der Waals surface area contributed by atoms with Crippen LogP contribution in [0.3, 0.4) is 0 Å². The van der Waals surface area contributed by atoms with Crippen LogP contribution >= 0.6 is 35.4 Å². The van der Waals surface area contributed by atoms with Crippen LogP contribution in [0, 0.1) is 5.82 Å². The number of benzene rings is 1. The topological polar surface area (TPSA) is 43.4 Å². The second-order valence-corrected chi connectivity index (χ2v) is 7.16. The molecule has 0 radical (unpaired) electrons. The van der Waals surface area contributed by atoms with Crippen LogP contribution in [0.4, 0.5) is 10.1 Å². The zero-order chi connectivity index (χ0) is 18.7. The Kier molecular flexibility index (Phi) is 6.16. The van der Waals surface area contributed by atoms with E-state index >= 15 is 0 Å². The van der Waals surface area contributed by atoms with Gasteiger partial charge in [0.25, 0.3) is 0 Å². The molecule has 1 aromatic carbocycles. The number of halogens is 3. The third-order valence-electron chi connectivity index (χ3n) is 4.18. The fourth-order valence-electron chi connectivity index (χ4n) is 2.88. The summed E-state index contributed by atoms with van der Waals surface area (Å²) < 4.78 is 25.9. The van der Waals surface area contributed by atoms with Crippen molar-refractivity contribution in [3.63, 3.8) is 0 Å². The largest absolute Gasteiger partial charge is 0.497 e. The van der Waals surface area contributed by atoms with Crippen LogP contribution in [0.5, 0.6) is 11.5 Å². The van der Waals surface area contributed by atoms with Crippen molar-refractivity contribution in [3.05, 3.63) is 46.0 Å². The van der Waals surface area contributed by atoms with Gasteiger partial charge in [-0.1, -0.05) is 35.4 Å². The summed E-state index contributed by atoms with van der Waals surface area (Å²) in [5, 5.41) is 3.47. The lowest BCUT2D eigenvalue weighted by atomic mass is 10.1. The average Bonchev–Trinajstić information content (AvgIpc) is 3.10. The van der Waals surface area contributed by atoms with Crippen LogP contribution in [-0.4, -0.2) is 23.2 Å². The monoisotopic (exact) mass is 414 g/mol. The Hall–Kier alpha value is -1.63. The first-order chi connectivity index (χ1) is 12.5. The predicted octanol–water partition coefficient (Wildman–Crippen LogP) is 5.65. The minimum atomic E-state index is -0.545. The summed E-state index contributed by atoms with van der Waals surface area (Å²) in [4.78, 5) is 4.01. The number of aromatic nitrogens is 1. The maximum Gasteiger partial charge on any atom is 0.140 e. The summed E-state index contributed by atoms with van der Waals surface area (Å²) in [7, 11) is 1.47. The van der Waals surface area contributed by atoms with E-state index in [-0.39, 0.29) is 26.7 Å². The normalized spacial score (nSPS) is 14.3. The summed E-state index contributed by atoms with van der Waals surface area (Å²) in [6, 6.07) is 2.90. The first-order valence-corrected chi connectivity index (χ1v) is 9.30. The number of rotatable bonds is 5. The third-order valence-corrected chi connectivity index (χ3v) is 5.06.